The molecule has 1 aliphatic heterocycles. The zero-order valence-corrected chi connectivity index (χ0v) is 12.1. The Kier molecular flexibility index (Phi) is 3.57. The van der Waals surface area contributed by atoms with Gasteiger partial charge in [-0.05, 0) is 24.3 Å². The summed E-state index contributed by atoms with van der Waals surface area (Å²) in [5, 5.41) is 0. The van der Waals surface area contributed by atoms with E-state index in [0.717, 1.165) is 22.9 Å². The first kappa shape index (κ1) is 12.9. The second-order valence-electron chi connectivity index (χ2n) is 5.14. The van der Waals surface area contributed by atoms with E-state index in [2.05, 4.69) is 20.8 Å². The molecule has 0 spiro atoms. The second-order valence-corrected chi connectivity index (χ2v) is 5.71. The molecule has 0 saturated heterocycles. The summed E-state index contributed by atoms with van der Waals surface area (Å²) in [4.78, 5) is 0. The van der Waals surface area contributed by atoms with Crippen LogP contribution in [0.25, 0.3) is 0 Å². The Hall–Kier alpha value is -1.55. The fraction of sp³-hybridized carbons (Fsp3) is 0.357. The van der Waals surface area contributed by atoms with Gasteiger partial charge >= 0.3 is 10.0 Å². The van der Waals surface area contributed by atoms with E-state index in [1.54, 1.807) is 7.11 Å². The minimum atomic E-state index is -0.00546. The van der Waals surface area contributed by atoms with E-state index in [1.807, 2.05) is 30.3 Å². The fourth-order valence-electron chi connectivity index (χ4n) is 1.56. The Morgan fingerprint density at radius 1 is 1.17 bits per heavy atom. The van der Waals surface area contributed by atoms with Gasteiger partial charge in [-0.1, -0.05) is 20.8 Å². The molecule has 0 aromatic heterocycles. The van der Waals surface area contributed by atoms with Crippen LogP contribution in [-0.2, 0) is 4.43 Å². The minimum absolute atomic E-state index is 0.00546. The van der Waals surface area contributed by atoms with E-state index in [-0.39, 0.29) is 15.4 Å². The lowest BCUT2D eigenvalue weighted by Crippen LogP contribution is -2.20. The van der Waals surface area contributed by atoms with Crippen molar-refractivity contribution in [2.45, 2.75) is 20.8 Å². The van der Waals surface area contributed by atoms with Crippen molar-refractivity contribution >= 4 is 15.8 Å². The highest BCUT2D eigenvalue weighted by atomic mass is 28.2. The standard InChI is InChI=1S/C14H17O3Si/c1-14(2,3)13-9-12(16-18-17-13)10-5-7-11(15-4)8-6-10/h5-9H,1-4H3. The van der Waals surface area contributed by atoms with Crippen LogP contribution in [0.2, 0.25) is 0 Å². The van der Waals surface area contributed by atoms with Gasteiger partial charge in [-0.25, -0.2) is 0 Å². The minimum Gasteiger partial charge on any atom is -0.632 e. The van der Waals surface area contributed by atoms with Crippen molar-refractivity contribution in [2.75, 3.05) is 7.11 Å². The molecule has 3 nitrogen and oxygen atoms in total. The maximum absolute atomic E-state index is 5.57. The van der Waals surface area contributed by atoms with Crippen LogP contribution in [0.4, 0.5) is 0 Å². The number of allylic oxidation sites excluding steroid dienone is 2. The summed E-state index contributed by atoms with van der Waals surface area (Å²) in [6.45, 7) is 6.38. The highest BCUT2D eigenvalue weighted by Crippen LogP contribution is 2.28. The van der Waals surface area contributed by atoms with Crippen molar-refractivity contribution in [3.63, 3.8) is 0 Å². The van der Waals surface area contributed by atoms with Crippen LogP contribution >= 0.6 is 0 Å². The van der Waals surface area contributed by atoms with Gasteiger partial charge in [-0.3, -0.25) is 0 Å². The Balaban J connectivity index is 2.28. The van der Waals surface area contributed by atoms with E-state index in [1.165, 1.54) is 0 Å². The zero-order chi connectivity index (χ0) is 13.2. The highest BCUT2D eigenvalue weighted by Gasteiger charge is 2.23. The lowest BCUT2D eigenvalue weighted by atomic mass is 9.92. The second kappa shape index (κ2) is 4.98. The predicted octanol–water partition coefficient (Wildman–Crippen LogP) is 2.91. The summed E-state index contributed by atoms with van der Waals surface area (Å²) in [6, 6.07) is 7.82. The molecule has 2 rings (SSSR count). The molecule has 18 heavy (non-hydrogen) atoms. The summed E-state index contributed by atoms with van der Waals surface area (Å²) in [5.41, 5.74) is 1.03. The molecule has 1 heterocycles. The smallest absolute Gasteiger partial charge is 0.424 e. The Morgan fingerprint density at radius 3 is 2.39 bits per heavy atom. The molecular formula is C14H17O3Si. The van der Waals surface area contributed by atoms with Crippen LogP contribution in [0.3, 0.4) is 0 Å². The molecule has 95 valence electrons. The third kappa shape index (κ3) is 2.82. The van der Waals surface area contributed by atoms with Crippen molar-refractivity contribution in [3.8, 4) is 5.75 Å². The van der Waals surface area contributed by atoms with E-state index in [9.17, 15) is 0 Å². The normalized spacial score (nSPS) is 15.1. The maximum atomic E-state index is 5.57. The molecule has 0 unspecified atom stereocenters. The first-order valence-corrected chi connectivity index (χ1v) is 6.64. The van der Waals surface area contributed by atoms with Gasteiger partial charge in [-0.2, -0.15) is 0 Å². The first-order chi connectivity index (χ1) is 8.50. The molecule has 4 heteroatoms. The summed E-state index contributed by atoms with van der Waals surface area (Å²) in [5.74, 6) is 2.65. The van der Waals surface area contributed by atoms with E-state index >= 15 is 0 Å². The van der Waals surface area contributed by atoms with Crippen LogP contribution in [0.5, 0.6) is 5.75 Å². The van der Waals surface area contributed by atoms with Crippen molar-refractivity contribution in [1.82, 2.24) is 0 Å². The van der Waals surface area contributed by atoms with E-state index < -0.39 is 0 Å². The first-order valence-electron chi connectivity index (χ1n) is 5.83. The molecule has 1 radical (unpaired) electrons. The van der Waals surface area contributed by atoms with Crippen LogP contribution in [0, 0.1) is 5.41 Å². The Morgan fingerprint density at radius 2 is 1.83 bits per heavy atom. The van der Waals surface area contributed by atoms with Gasteiger partial charge in [0.1, 0.15) is 5.75 Å². The average molecular weight is 261 g/mol. The molecule has 0 amide bonds. The van der Waals surface area contributed by atoms with Crippen LogP contribution in [0.15, 0.2) is 36.1 Å². The number of hydrogen-bond acceptors (Lipinski definition) is 2. The molecule has 1 aromatic rings. The van der Waals surface area contributed by atoms with Gasteiger partial charge in [0.2, 0.25) is 0 Å². The quantitative estimate of drug-likeness (QED) is 0.605. The third-order valence-corrected chi connectivity index (χ3v) is 3.29. The highest BCUT2D eigenvalue weighted by molar-refractivity contribution is 6.22. The summed E-state index contributed by atoms with van der Waals surface area (Å²) < 4.78 is 16.3. The van der Waals surface area contributed by atoms with Crippen molar-refractivity contribution in [1.29, 1.82) is 0 Å². The van der Waals surface area contributed by atoms with Gasteiger partial charge < -0.3 is 13.3 Å². The summed E-state index contributed by atoms with van der Waals surface area (Å²) in [7, 11) is 1.68. The van der Waals surface area contributed by atoms with Gasteiger partial charge in [-0.15, -0.1) is 0 Å². The number of rotatable bonds is 2. The molecule has 0 atom stereocenters. The Labute approximate surface area is 110 Å². The lowest BCUT2D eigenvalue weighted by Gasteiger charge is -2.27. The molecule has 0 aliphatic carbocycles. The number of ketones is 1. The number of benzene rings is 1. The average Bonchev–Trinajstić information content (AvgIpc) is 2.38. The fourth-order valence-corrected chi connectivity index (χ4v) is 2.32. The van der Waals surface area contributed by atoms with Crippen LogP contribution in [0.1, 0.15) is 30.4 Å². The van der Waals surface area contributed by atoms with Gasteiger partial charge in [0.15, 0.2) is 0 Å². The molecule has 1 aliphatic rings. The maximum Gasteiger partial charge on any atom is 0.424 e. The van der Waals surface area contributed by atoms with Crippen molar-refractivity contribution < 1.29 is 13.3 Å². The Bertz CT molecular complexity index is 481. The summed E-state index contributed by atoms with van der Waals surface area (Å²) >= 11 is 0. The van der Waals surface area contributed by atoms with Crippen LogP contribution < -0.4 is 4.74 Å². The largest absolute Gasteiger partial charge is 0.632 e. The number of methoxy groups -OCH3 is 1. The van der Waals surface area contributed by atoms with E-state index in [0.29, 0.717) is 0 Å². The molecule has 1 aromatic carbocycles. The molecule has 0 fully saturated rings. The monoisotopic (exact) mass is 261 g/mol. The predicted molar refractivity (Wildman–Crippen MR) is 71.7 cm³/mol. The number of hydrogen-bond donors (Lipinski definition) is 0. The van der Waals surface area contributed by atoms with Crippen molar-refractivity contribution in [3.05, 3.63) is 41.7 Å². The molecule has 0 N–H and O–H groups in total. The number of ether oxygens (including phenoxy) is 1. The van der Waals surface area contributed by atoms with Crippen molar-refractivity contribution in [2.24, 2.45) is 5.41 Å². The zero-order valence-electron chi connectivity index (χ0n) is 11.1. The van der Waals surface area contributed by atoms with Gasteiger partial charge in [0.25, 0.3) is 5.78 Å². The SMILES string of the molecule is COc1ccc(C2=[O+][Si-]OC(C(C)(C)C)=C2)cc1. The van der Waals surface area contributed by atoms with Crippen LogP contribution in [-0.4, -0.2) is 22.9 Å². The molecule has 0 bridgehead atoms. The molecule has 0 saturated carbocycles. The molecular weight excluding hydrogens is 244 g/mol. The number of carbonyl (C=O) groups excluding carboxylic acids is 1. The van der Waals surface area contributed by atoms with E-state index in [4.69, 9.17) is 13.3 Å². The van der Waals surface area contributed by atoms with Gasteiger partial charge in [0.05, 0.1) is 24.5 Å². The third-order valence-electron chi connectivity index (χ3n) is 2.68. The summed E-state index contributed by atoms with van der Waals surface area (Å²) in [6.07, 6.45) is 1.97. The van der Waals surface area contributed by atoms with Gasteiger partial charge in [0, 0.05) is 5.41 Å². The topological polar surface area (TPSA) is 29.8 Å². The lowest BCUT2D eigenvalue weighted by molar-refractivity contribution is -0.109.